The number of aromatic amines is 1. The third-order valence-corrected chi connectivity index (χ3v) is 3.98. The zero-order valence-electron chi connectivity index (χ0n) is 11.6. The van der Waals surface area contributed by atoms with Crippen LogP contribution in [0.5, 0.6) is 0 Å². The molecule has 0 bridgehead atoms. The molecular formula is C15H19N3O2. The van der Waals surface area contributed by atoms with Crippen LogP contribution in [0, 0.1) is 0 Å². The minimum absolute atomic E-state index is 0.00694. The Morgan fingerprint density at radius 1 is 1.40 bits per heavy atom. The standard InChI is InChI=1S/C15H19N3O2/c1-18(11-5-7-20-8-6-11)15(19)13-9-10-3-2-4-12(16)14(10)17-13/h2-4,9,11,17H,5-8,16H2,1H3. The Hall–Kier alpha value is -2.01. The molecule has 1 fully saturated rings. The summed E-state index contributed by atoms with van der Waals surface area (Å²) >= 11 is 0. The summed E-state index contributed by atoms with van der Waals surface area (Å²) in [5.41, 5.74) is 8.00. The molecule has 3 rings (SSSR count). The molecule has 20 heavy (non-hydrogen) atoms. The minimum Gasteiger partial charge on any atom is -0.397 e. The maximum atomic E-state index is 12.5. The van der Waals surface area contributed by atoms with Crippen molar-refractivity contribution in [3.8, 4) is 0 Å². The fourth-order valence-corrected chi connectivity index (χ4v) is 2.72. The number of nitrogen functional groups attached to an aromatic ring is 1. The number of carbonyl (C=O) groups excluding carboxylic acids is 1. The number of amides is 1. The first kappa shape index (κ1) is 13.0. The lowest BCUT2D eigenvalue weighted by molar-refractivity contribution is 0.0359. The number of benzene rings is 1. The van der Waals surface area contributed by atoms with Crippen LogP contribution >= 0.6 is 0 Å². The summed E-state index contributed by atoms with van der Waals surface area (Å²) in [5, 5.41) is 0.966. The Morgan fingerprint density at radius 3 is 2.85 bits per heavy atom. The van der Waals surface area contributed by atoms with Crippen LogP contribution in [0.3, 0.4) is 0 Å². The average Bonchev–Trinajstić information content (AvgIpc) is 2.92. The van der Waals surface area contributed by atoms with Gasteiger partial charge < -0.3 is 20.4 Å². The normalized spacial score (nSPS) is 16.4. The smallest absolute Gasteiger partial charge is 0.270 e. The maximum Gasteiger partial charge on any atom is 0.270 e. The second kappa shape index (κ2) is 5.17. The second-order valence-electron chi connectivity index (χ2n) is 5.25. The summed E-state index contributed by atoms with van der Waals surface area (Å²) in [6.07, 6.45) is 1.79. The molecule has 2 heterocycles. The van der Waals surface area contributed by atoms with Gasteiger partial charge in [0.2, 0.25) is 0 Å². The van der Waals surface area contributed by atoms with Crippen molar-refractivity contribution in [2.24, 2.45) is 0 Å². The molecule has 0 unspecified atom stereocenters. The molecule has 1 aromatic heterocycles. The molecule has 106 valence electrons. The Balaban J connectivity index is 1.86. The molecule has 5 heteroatoms. The van der Waals surface area contributed by atoms with Gasteiger partial charge in [-0.25, -0.2) is 0 Å². The Kier molecular flexibility index (Phi) is 3.36. The summed E-state index contributed by atoms with van der Waals surface area (Å²) in [4.78, 5) is 17.5. The molecule has 1 aliphatic rings. The molecule has 2 aromatic rings. The number of nitrogens with zero attached hydrogens (tertiary/aromatic N) is 1. The topological polar surface area (TPSA) is 71.3 Å². The van der Waals surface area contributed by atoms with E-state index in [2.05, 4.69) is 4.98 Å². The van der Waals surface area contributed by atoms with Crippen molar-refractivity contribution < 1.29 is 9.53 Å². The lowest BCUT2D eigenvalue weighted by Gasteiger charge is -2.30. The predicted octanol–water partition coefficient (Wildman–Crippen LogP) is 2.00. The number of nitrogens with one attached hydrogen (secondary N) is 1. The number of carbonyl (C=O) groups is 1. The van der Waals surface area contributed by atoms with E-state index in [0.29, 0.717) is 11.4 Å². The molecule has 0 aliphatic carbocycles. The largest absolute Gasteiger partial charge is 0.397 e. The number of hydrogen-bond donors (Lipinski definition) is 2. The molecule has 0 saturated carbocycles. The third kappa shape index (κ3) is 2.25. The van der Waals surface area contributed by atoms with Crippen molar-refractivity contribution in [3.63, 3.8) is 0 Å². The quantitative estimate of drug-likeness (QED) is 0.822. The van der Waals surface area contributed by atoms with Gasteiger partial charge in [0.25, 0.3) is 5.91 Å². The number of rotatable bonds is 2. The molecule has 3 N–H and O–H groups in total. The molecule has 0 atom stereocenters. The summed E-state index contributed by atoms with van der Waals surface area (Å²) in [7, 11) is 1.85. The molecule has 0 spiro atoms. The summed E-state index contributed by atoms with van der Waals surface area (Å²) in [6, 6.07) is 7.79. The highest BCUT2D eigenvalue weighted by Crippen LogP contribution is 2.23. The summed E-state index contributed by atoms with van der Waals surface area (Å²) < 4.78 is 5.34. The van der Waals surface area contributed by atoms with Gasteiger partial charge in [-0.2, -0.15) is 0 Å². The molecule has 0 radical (unpaired) electrons. The first-order chi connectivity index (χ1) is 9.66. The fraction of sp³-hybridized carbons (Fsp3) is 0.400. The SMILES string of the molecule is CN(C(=O)c1cc2cccc(N)c2[nH]1)C1CCOCC1. The van der Waals surface area contributed by atoms with Crippen LogP contribution in [0.4, 0.5) is 5.69 Å². The van der Waals surface area contributed by atoms with Gasteiger partial charge in [0.1, 0.15) is 5.69 Å². The van der Waals surface area contributed by atoms with E-state index in [0.717, 1.165) is 37.0 Å². The molecule has 1 amide bonds. The van der Waals surface area contributed by atoms with Crippen molar-refractivity contribution in [2.45, 2.75) is 18.9 Å². The molecule has 1 aromatic carbocycles. The van der Waals surface area contributed by atoms with Gasteiger partial charge in [0, 0.05) is 31.7 Å². The first-order valence-electron chi connectivity index (χ1n) is 6.89. The van der Waals surface area contributed by atoms with E-state index < -0.39 is 0 Å². The van der Waals surface area contributed by atoms with Crippen molar-refractivity contribution in [3.05, 3.63) is 30.0 Å². The van der Waals surface area contributed by atoms with Crippen LogP contribution in [0.25, 0.3) is 10.9 Å². The number of anilines is 1. The van der Waals surface area contributed by atoms with E-state index in [1.165, 1.54) is 0 Å². The number of H-pyrrole nitrogens is 1. The fourth-order valence-electron chi connectivity index (χ4n) is 2.72. The predicted molar refractivity (Wildman–Crippen MR) is 78.6 cm³/mol. The van der Waals surface area contributed by atoms with Crippen LogP contribution in [-0.4, -0.2) is 42.1 Å². The van der Waals surface area contributed by atoms with Crippen LogP contribution < -0.4 is 5.73 Å². The van der Waals surface area contributed by atoms with Gasteiger partial charge in [-0.1, -0.05) is 12.1 Å². The average molecular weight is 273 g/mol. The van der Waals surface area contributed by atoms with E-state index in [1.807, 2.05) is 36.2 Å². The van der Waals surface area contributed by atoms with Crippen LogP contribution in [0.2, 0.25) is 0 Å². The van der Waals surface area contributed by atoms with E-state index in [-0.39, 0.29) is 11.9 Å². The minimum atomic E-state index is 0.00694. The zero-order valence-corrected chi connectivity index (χ0v) is 11.6. The zero-order chi connectivity index (χ0) is 14.1. The van der Waals surface area contributed by atoms with Gasteiger partial charge in [-0.15, -0.1) is 0 Å². The number of aromatic nitrogens is 1. The molecule has 1 saturated heterocycles. The van der Waals surface area contributed by atoms with Crippen LogP contribution in [0.15, 0.2) is 24.3 Å². The molecule has 5 nitrogen and oxygen atoms in total. The number of hydrogen-bond acceptors (Lipinski definition) is 3. The van der Waals surface area contributed by atoms with Crippen molar-refractivity contribution in [1.82, 2.24) is 9.88 Å². The lowest BCUT2D eigenvalue weighted by Crippen LogP contribution is -2.40. The molecular weight excluding hydrogens is 254 g/mol. The second-order valence-corrected chi connectivity index (χ2v) is 5.25. The Morgan fingerprint density at radius 2 is 2.15 bits per heavy atom. The highest BCUT2D eigenvalue weighted by Gasteiger charge is 2.24. The van der Waals surface area contributed by atoms with Gasteiger partial charge >= 0.3 is 0 Å². The third-order valence-electron chi connectivity index (χ3n) is 3.98. The van der Waals surface area contributed by atoms with Crippen molar-refractivity contribution in [2.75, 3.05) is 26.0 Å². The first-order valence-corrected chi connectivity index (χ1v) is 6.89. The number of ether oxygens (including phenoxy) is 1. The van der Waals surface area contributed by atoms with Crippen LogP contribution in [-0.2, 0) is 4.74 Å². The van der Waals surface area contributed by atoms with E-state index in [4.69, 9.17) is 10.5 Å². The van der Waals surface area contributed by atoms with Crippen molar-refractivity contribution in [1.29, 1.82) is 0 Å². The monoisotopic (exact) mass is 273 g/mol. The number of nitrogens with two attached hydrogens (primary N) is 1. The van der Waals surface area contributed by atoms with E-state index in [9.17, 15) is 4.79 Å². The lowest BCUT2D eigenvalue weighted by atomic mass is 10.1. The van der Waals surface area contributed by atoms with Gasteiger partial charge in [0.15, 0.2) is 0 Å². The van der Waals surface area contributed by atoms with E-state index >= 15 is 0 Å². The van der Waals surface area contributed by atoms with E-state index in [1.54, 1.807) is 0 Å². The van der Waals surface area contributed by atoms with Crippen molar-refractivity contribution >= 4 is 22.5 Å². The Bertz CT molecular complexity index is 629. The highest BCUT2D eigenvalue weighted by atomic mass is 16.5. The highest BCUT2D eigenvalue weighted by molar-refractivity contribution is 6.00. The van der Waals surface area contributed by atoms with Gasteiger partial charge in [-0.3, -0.25) is 4.79 Å². The van der Waals surface area contributed by atoms with Crippen LogP contribution in [0.1, 0.15) is 23.3 Å². The number of fused-ring (bicyclic) bond motifs is 1. The molecule has 1 aliphatic heterocycles. The summed E-state index contributed by atoms with van der Waals surface area (Å²) in [6.45, 7) is 1.45. The number of para-hydroxylation sites is 1. The van der Waals surface area contributed by atoms with Gasteiger partial charge in [-0.05, 0) is 25.0 Å². The maximum absolute atomic E-state index is 12.5. The Labute approximate surface area is 117 Å². The summed E-state index contributed by atoms with van der Waals surface area (Å²) in [5.74, 6) is 0.00694. The van der Waals surface area contributed by atoms with Gasteiger partial charge in [0.05, 0.1) is 11.2 Å².